The Morgan fingerprint density at radius 1 is 1.28 bits per heavy atom. The number of anilines is 1. The Kier molecular flexibility index (Phi) is 3.53. The van der Waals surface area contributed by atoms with Crippen LogP contribution in [0.5, 0.6) is 0 Å². The number of aryl methyl sites for hydroxylation is 1. The molecule has 0 atom stereocenters. The summed E-state index contributed by atoms with van der Waals surface area (Å²) in [5.74, 6) is 0.613. The summed E-state index contributed by atoms with van der Waals surface area (Å²) in [7, 11) is 1.56. The van der Waals surface area contributed by atoms with Crippen molar-refractivity contribution in [3.8, 4) is 11.3 Å². The van der Waals surface area contributed by atoms with Crippen LogP contribution in [0.2, 0.25) is 0 Å². The van der Waals surface area contributed by atoms with Crippen molar-refractivity contribution in [1.82, 2.24) is 9.97 Å². The number of ether oxygens (including phenoxy) is 1. The standard InChI is InChI=1S/C13H14FN3O/c1-8-5-9(14)3-4-10(8)11-6-12(15)17-13(16-11)7-18-2/h3-6H,7H2,1-2H3,(H2,15,16,17). The van der Waals surface area contributed by atoms with Crippen LogP contribution in [0.1, 0.15) is 11.4 Å². The molecule has 1 aromatic heterocycles. The average molecular weight is 247 g/mol. The second-order valence-corrected chi connectivity index (χ2v) is 3.99. The highest BCUT2D eigenvalue weighted by Crippen LogP contribution is 2.23. The molecule has 2 N–H and O–H groups in total. The predicted octanol–water partition coefficient (Wildman–Crippen LogP) is 2.32. The highest BCUT2D eigenvalue weighted by molar-refractivity contribution is 5.65. The number of nitrogens with zero attached hydrogens (tertiary/aromatic N) is 2. The van der Waals surface area contributed by atoms with E-state index in [2.05, 4.69) is 9.97 Å². The number of nitrogens with two attached hydrogens (primary N) is 1. The van der Waals surface area contributed by atoms with Gasteiger partial charge in [0.1, 0.15) is 18.2 Å². The maximum atomic E-state index is 13.1. The van der Waals surface area contributed by atoms with E-state index >= 15 is 0 Å². The van der Waals surface area contributed by atoms with Crippen LogP contribution in [0.15, 0.2) is 24.3 Å². The second kappa shape index (κ2) is 5.10. The maximum Gasteiger partial charge on any atom is 0.157 e. The molecular weight excluding hydrogens is 233 g/mol. The highest BCUT2D eigenvalue weighted by Gasteiger charge is 2.08. The first-order valence-electron chi connectivity index (χ1n) is 5.49. The molecule has 0 aliphatic carbocycles. The van der Waals surface area contributed by atoms with Crippen molar-refractivity contribution in [3.05, 3.63) is 41.5 Å². The Bertz CT molecular complexity index is 572. The first kappa shape index (κ1) is 12.4. The van der Waals surface area contributed by atoms with Crippen molar-refractivity contribution in [2.75, 3.05) is 12.8 Å². The highest BCUT2D eigenvalue weighted by atomic mass is 19.1. The summed E-state index contributed by atoms with van der Waals surface area (Å²) in [5.41, 5.74) is 8.04. The van der Waals surface area contributed by atoms with Crippen LogP contribution >= 0.6 is 0 Å². The normalized spacial score (nSPS) is 10.6. The molecule has 0 aliphatic heterocycles. The molecule has 0 spiro atoms. The largest absolute Gasteiger partial charge is 0.384 e. The number of methoxy groups -OCH3 is 1. The lowest BCUT2D eigenvalue weighted by atomic mass is 10.1. The Morgan fingerprint density at radius 2 is 2.06 bits per heavy atom. The number of benzene rings is 1. The van der Waals surface area contributed by atoms with Gasteiger partial charge in [0.05, 0.1) is 5.69 Å². The van der Waals surface area contributed by atoms with Gasteiger partial charge < -0.3 is 10.5 Å². The van der Waals surface area contributed by atoms with E-state index in [9.17, 15) is 4.39 Å². The molecular formula is C13H14FN3O. The van der Waals surface area contributed by atoms with Gasteiger partial charge in [-0.05, 0) is 30.7 Å². The fourth-order valence-corrected chi connectivity index (χ4v) is 1.76. The van der Waals surface area contributed by atoms with Gasteiger partial charge in [0, 0.05) is 18.7 Å². The van der Waals surface area contributed by atoms with E-state index < -0.39 is 0 Å². The molecule has 0 bridgehead atoms. The quantitative estimate of drug-likeness (QED) is 0.904. The molecule has 0 aliphatic rings. The molecule has 0 amide bonds. The van der Waals surface area contributed by atoms with E-state index in [4.69, 9.17) is 10.5 Å². The summed E-state index contributed by atoms with van der Waals surface area (Å²) >= 11 is 0. The van der Waals surface area contributed by atoms with Gasteiger partial charge in [-0.2, -0.15) is 0 Å². The fraction of sp³-hybridized carbons (Fsp3) is 0.231. The third-order valence-electron chi connectivity index (χ3n) is 2.53. The van der Waals surface area contributed by atoms with Gasteiger partial charge in [-0.1, -0.05) is 0 Å². The van der Waals surface area contributed by atoms with Crippen LogP contribution in [0.4, 0.5) is 10.2 Å². The van der Waals surface area contributed by atoms with Crippen LogP contribution in [0.3, 0.4) is 0 Å². The summed E-state index contributed by atoms with van der Waals surface area (Å²) in [5, 5.41) is 0. The van der Waals surface area contributed by atoms with Gasteiger partial charge in [0.25, 0.3) is 0 Å². The monoisotopic (exact) mass is 247 g/mol. The van der Waals surface area contributed by atoms with E-state index in [0.29, 0.717) is 17.3 Å². The molecule has 18 heavy (non-hydrogen) atoms. The van der Waals surface area contributed by atoms with Crippen molar-refractivity contribution in [2.45, 2.75) is 13.5 Å². The van der Waals surface area contributed by atoms with Crippen molar-refractivity contribution in [2.24, 2.45) is 0 Å². The zero-order valence-electron chi connectivity index (χ0n) is 10.3. The van der Waals surface area contributed by atoms with Crippen LogP contribution in [-0.4, -0.2) is 17.1 Å². The number of rotatable bonds is 3. The van der Waals surface area contributed by atoms with Crippen LogP contribution in [0, 0.1) is 12.7 Å². The lowest BCUT2D eigenvalue weighted by Gasteiger charge is -2.08. The van der Waals surface area contributed by atoms with Crippen molar-refractivity contribution in [3.63, 3.8) is 0 Å². The van der Waals surface area contributed by atoms with E-state index in [0.717, 1.165) is 11.1 Å². The third-order valence-corrected chi connectivity index (χ3v) is 2.53. The minimum absolute atomic E-state index is 0.268. The molecule has 2 aromatic rings. The summed E-state index contributed by atoms with van der Waals surface area (Å²) < 4.78 is 18.0. The van der Waals surface area contributed by atoms with Gasteiger partial charge in [-0.25, -0.2) is 14.4 Å². The molecule has 0 radical (unpaired) electrons. The second-order valence-electron chi connectivity index (χ2n) is 3.99. The van der Waals surface area contributed by atoms with Gasteiger partial charge in [0.2, 0.25) is 0 Å². The fourth-order valence-electron chi connectivity index (χ4n) is 1.76. The van der Waals surface area contributed by atoms with Gasteiger partial charge in [-0.15, -0.1) is 0 Å². The zero-order chi connectivity index (χ0) is 13.1. The van der Waals surface area contributed by atoms with E-state index in [-0.39, 0.29) is 12.4 Å². The Balaban J connectivity index is 2.49. The third kappa shape index (κ3) is 2.62. The summed E-state index contributed by atoms with van der Waals surface area (Å²) in [4.78, 5) is 8.41. The van der Waals surface area contributed by atoms with E-state index in [1.807, 2.05) is 6.92 Å². The van der Waals surface area contributed by atoms with Crippen molar-refractivity contribution >= 4 is 5.82 Å². The molecule has 1 heterocycles. The number of hydrogen-bond acceptors (Lipinski definition) is 4. The molecule has 0 saturated heterocycles. The molecule has 5 heteroatoms. The van der Waals surface area contributed by atoms with Gasteiger partial charge >= 0.3 is 0 Å². The maximum absolute atomic E-state index is 13.1. The van der Waals surface area contributed by atoms with Crippen LogP contribution in [0.25, 0.3) is 11.3 Å². The number of halogens is 1. The first-order valence-corrected chi connectivity index (χ1v) is 5.49. The number of nitrogen functional groups attached to an aromatic ring is 1. The predicted molar refractivity (Wildman–Crippen MR) is 67.3 cm³/mol. The van der Waals surface area contributed by atoms with Crippen LogP contribution < -0.4 is 5.73 Å². The smallest absolute Gasteiger partial charge is 0.157 e. The van der Waals surface area contributed by atoms with Gasteiger partial charge in [-0.3, -0.25) is 0 Å². The molecule has 0 fully saturated rings. The number of aromatic nitrogens is 2. The van der Waals surface area contributed by atoms with Crippen molar-refractivity contribution in [1.29, 1.82) is 0 Å². The zero-order valence-corrected chi connectivity index (χ0v) is 10.3. The molecule has 4 nitrogen and oxygen atoms in total. The lowest BCUT2D eigenvalue weighted by molar-refractivity contribution is 0.178. The topological polar surface area (TPSA) is 61.0 Å². The first-order chi connectivity index (χ1) is 8.60. The summed E-state index contributed by atoms with van der Waals surface area (Å²) in [6, 6.07) is 6.21. The van der Waals surface area contributed by atoms with E-state index in [1.165, 1.54) is 12.1 Å². The molecule has 94 valence electrons. The molecule has 1 aromatic carbocycles. The minimum Gasteiger partial charge on any atom is -0.384 e. The molecule has 0 unspecified atom stereocenters. The van der Waals surface area contributed by atoms with Crippen molar-refractivity contribution < 1.29 is 9.13 Å². The Morgan fingerprint density at radius 3 is 2.72 bits per heavy atom. The van der Waals surface area contributed by atoms with E-state index in [1.54, 1.807) is 19.2 Å². The summed E-state index contributed by atoms with van der Waals surface area (Å²) in [6.07, 6.45) is 0. The summed E-state index contributed by atoms with van der Waals surface area (Å²) in [6.45, 7) is 2.12. The minimum atomic E-state index is -0.268. The van der Waals surface area contributed by atoms with Gasteiger partial charge in [0.15, 0.2) is 5.82 Å². The molecule has 2 rings (SSSR count). The lowest BCUT2D eigenvalue weighted by Crippen LogP contribution is -2.03. The van der Waals surface area contributed by atoms with Crippen LogP contribution in [-0.2, 0) is 11.3 Å². The Hall–Kier alpha value is -2.01. The Labute approximate surface area is 105 Å². The number of hydrogen-bond donors (Lipinski definition) is 1. The SMILES string of the molecule is COCc1nc(N)cc(-c2ccc(F)cc2C)n1. The molecule has 0 saturated carbocycles. The average Bonchev–Trinajstić information content (AvgIpc) is 2.28.